The summed E-state index contributed by atoms with van der Waals surface area (Å²) in [7, 11) is 0. The highest BCUT2D eigenvalue weighted by Gasteiger charge is 2.12. The lowest BCUT2D eigenvalue weighted by Crippen LogP contribution is -1.97. The van der Waals surface area contributed by atoms with E-state index in [1.807, 2.05) is 31.2 Å². The summed E-state index contributed by atoms with van der Waals surface area (Å²) < 4.78 is 12.6. The number of rotatable bonds is 4. The zero-order valence-electron chi connectivity index (χ0n) is 13.6. The molecule has 7 heteroatoms. The summed E-state index contributed by atoms with van der Waals surface area (Å²) in [4.78, 5) is 4.16. The zero-order chi connectivity index (χ0) is 17.4. The maximum atomic E-state index is 6.24. The molecule has 3 aromatic heterocycles. The molecule has 0 aliphatic heterocycles. The van der Waals surface area contributed by atoms with Gasteiger partial charge < -0.3 is 9.15 Å². The van der Waals surface area contributed by atoms with Crippen molar-refractivity contribution < 1.29 is 9.15 Å². The van der Waals surface area contributed by atoms with Crippen LogP contribution < -0.4 is 4.74 Å². The van der Waals surface area contributed by atoms with Crippen LogP contribution in [0.4, 0.5) is 0 Å². The van der Waals surface area contributed by atoms with Gasteiger partial charge in [-0.15, -0.1) is 21.5 Å². The van der Waals surface area contributed by atoms with E-state index in [0.717, 1.165) is 32.5 Å². The van der Waals surface area contributed by atoms with E-state index in [9.17, 15) is 0 Å². The Morgan fingerprint density at radius 2 is 2.08 bits per heavy atom. The summed E-state index contributed by atoms with van der Waals surface area (Å²) in [6, 6.07) is 7.79. The Bertz CT molecular complexity index is 1060. The Hall–Kier alpha value is -2.44. The van der Waals surface area contributed by atoms with Gasteiger partial charge >= 0.3 is 0 Å². The van der Waals surface area contributed by atoms with Gasteiger partial charge in [0.05, 0.1) is 0 Å². The number of ether oxygens (including phenoxy) is 1. The van der Waals surface area contributed by atoms with Crippen LogP contribution in [-0.4, -0.2) is 15.2 Å². The summed E-state index contributed by atoms with van der Waals surface area (Å²) in [6.45, 7) is 4.18. The van der Waals surface area contributed by atoms with E-state index < -0.39 is 0 Å². The van der Waals surface area contributed by atoms with Crippen molar-refractivity contribution in [1.82, 2.24) is 15.2 Å². The van der Waals surface area contributed by atoms with Crippen molar-refractivity contribution in [3.05, 3.63) is 58.0 Å². The first-order valence-electron chi connectivity index (χ1n) is 7.66. The molecule has 25 heavy (non-hydrogen) atoms. The highest BCUT2D eigenvalue weighted by atomic mass is 35.5. The molecule has 0 unspecified atom stereocenters. The van der Waals surface area contributed by atoms with Crippen LogP contribution in [0.15, 0.2) is 40.3 Å². The number of nitrogens with zero attached hydrogens (tertiary/aromatic N) is 3. The van der Waals surface area contributed by atoms with Crippen molar-refractivity contribution in [2.24, 2.45) is 0 Å². The Kier molecular flexibility index (Phi) is 4.15. The number of thiophene rings is 1. The highest BCUT2D eigenvalue weighted by Crippen LogP contribution is 2.32. The third-order valence-corrected chi connectivity index (χ3v) is 5.14. The molecule has 0 amide bonds. The van der Waals surface area contributed by atoms with Gasteiger partial charge in [0.25, 0.3) is 0 Å². The van der Waals surface area contributed by atoms with Gasteiger partial charge in [-0.2, -0.15) is 0 Å². The molecule has 126 valence electrons. The van der Waals surface area contributed by atoms with Gasteiger partial charge in [-0.3, -0.25) is 0 Å². The maximum Gasteiger partial charge on any atom is 0.247 e. The molecule has 0 aliphatic rings. The minimum absolute atomic E-state index is 0.415. The molecular weight excluding hydrogens is 358 g/mol. The minimum atomic E-state index is 0.415. The molecule has 3 heterocycles. The average molecular weight is 372 g/mol. The van der Waals surface area contributed by atoms with E-state index in [0.29, 0.717) is 23.5 Å². The van der Waals surface area contributed by atoms with Crippen LogP contribution in [0.25, 0.3) is 21.5 Å². The molecule has 0 aliphatic carbocycles. The minimum Gasteiger partial charge on any atom is -0.489 e. The lowest BCUT2D eigenvalue weighted by atomic mass is 10.1. The number of fused-ring (bicyclic) bond motifs is 1. The molecule has 5 nitrogen and oxygen atoms in total. The second kappa shape index (κ2) is 6.46. The van der Waals surface area contributed by atoms with Crippen molar-refractivity contribution in [3.63, 3.8) is 0 Å². The molecule has 0 N–H and O–H groups in total. The van der Waals surface area contributed by atoms with Gasteiger partial charge in [0.1, 0.15) is 17.5 Å². The normalized spacial score (nSPS) is 11.2. The van der Waals surface area contributed by atoms with E-state index in [1.54, 1.807) is 24.5 Å². The molecule has 0 radical (unpaired) electrons. The Balaban J connectivity index is 1.62. The summed E-state index contributed by atoms with van der Waals surface area (Å²) in [5, 5.41) is 11.4. The molecule has 0 saturated carbocycles. The van der Waals surface area contributed by atoms with Crippen LogP contribution in [0.2, 0.25) is 5.15 Å². The zero-order valence-corrected chi connectivity index (χ0v) is 15.2. The van der Waals surface area contributed by atoms with E-state index in [4.69, 9.17) is 20.8 Å². The number of halogens is 1. The van der Waals surface area contributed by atoms with Gasteiger partial charge in [0.2, 0.25) is 11.8 Å². The number of pyridine rings is 1. The third kappa shape index (κ3) is 3.10. The quantitative estimate of drug-likeness (QED) is 0.461. The van der Waals surface area contributed by atoms with Crippen LogP contribution in [0.1, 0.15) is 17.0 Å². The monoisotopic (exact) mass is 371 g/mol. The largest absolute Gasteiger partial charge is 0.489 e. The molecule has 0 bridgehead atoms. The third-order valence-electron chi connectivity index (χ3n) is 3.86. The van der Waals surface area contributed by atoms with E-state index >= 15 is 0 Å². The lowest BCUT2D eigenvalue weighted by molar-refractivity contribution is 0.306. The highest BCUT2D eigenvalue weighted by molar-refractivity contribution is 7.17. The van der Waals surface area contributed by atoms with E-state index in [1.165, 1.54) is 0 Å². The summed E-state index contributed by atoms with van der Waals surface area (Å²) in [5.41, 5.74) is 2.89. The van der Waals surface area contributed by atoms with Gasteiger partial charge in [0.15, 0.2) is 0 Å². The predicted octanol–water partition coefficient (Wildman–Crippen LogP) is 5.20. The van der Waals surface area contributed by atoms with Gasteiger partial charge in [-0.05, 0) is 36.1 Å². The van der Waals surface area contributed by atoms with E-state index in [-0.39, 0.29) is 0 Å². The van der Waals surface area contributed by atoms with Gasteiger partial charge in [-0.1, -0.05) is 17.7 Å². The van der Waals surface area contributed by atoms with Crippen LogP contribution in [0.3, 0.4) is 0 Å². The summed E-state index contributed by atoms with van der Waals surface area (Å²) >= 11 is 7.87. The molecule has 4 rings (SSSR count). The first kappa shape index (κ1) is 16.1. The predicted molar refractivity (Wildman–Crippen MR) is 98.2 cm³/mol. The molecule has 0 spiro atoms. The number of aromatic nitrogens is 3. The molecule has 0 fully saturated rings. The maximum absolute atomic E-state index is 6.24. The molecule has 0 saturated heterocycles. The number of aryl methyl sites for hydroxylation is 2. The van der Waals surface area contributed by atoms with Gasteiger partial charge in [0, 0.05) is 34.3 Å². The molecule has 4 aromatic rings. The SMILES string of the molecule is Cc1nnc(-c2ccc(C)c(OCc3csc4ccnc(Cl)c34)c2)o1. The number of hydrogen-bond donors (Lipinski definition) is 0. The summed E-state index contributed by atoms with van der Waals surface area (Å²) in [6.07, 6.45) is 1.71. The molecular formula is C18H14ClN3O2S. The fourth-order valence-corrected chi connectivity index (χ4v) is 3.84. The van der Waals surface area contributed by atoms with Crippen LogP contribution >= 0.6 is 22.9 Å². The van der Waals surface area contributed by atoms with Crippen LogP contribution in [0, 0.1) is 13.8 Å². The average Bonchev–Trinajstić information content (AvgIpc) is 3.21. The van der Waals surface area contributed by atoms with Crippen molar-refractivity contribution in [2.45, 2.75) is 20.5 Å². The van der Waals surface area contributed by atoms with Gasteiger partial charge in [-0.25, -0.2) is 4.98 Å². The van der Waals surface area contributed by atoms with Crippen molar-refractivity contribution in [1.29, 1.82) is 0 Å². The molecule has 1 aromatic carbocycles. The van der Waals surface area contributed by atoms with Crippen molar-refractivity contribution >= 4 is 33.0 Å². The van der Waals surface area contributed by atoms with Crippen molar-refractivity contribution in [3.8, 4) is 17.2 Å². The first-order valence-corrected chi connectivity index (χ1v) is 8.92. The fourth-order valence-electron chi connectivity index (χ4n) is 2.57. The lowest BCUT2D eigenvalue weighted by Gasteiger charge is -2.10. The Morgan fingerprint density at radius 3 is 2.88 bits per heavy atom. The number of benzene rings is 1. The molecule has 0 atom stereocenters. The summed E-state index contributed by atoms with van der Waals surface area (Å²) in [5.74, 6) is 1.79. The fraction of sp³-hybridized carbons (Fsp3) is 0.167. The second-order valence-electron chi connectivity index (χ2n) is 5.63. The second-order valence-corrected chi connectivity index (χ2v) is 6.90. The first-order chi connectivity index (χ1) is 12.1. The van der Waals surface area contributed by atoms with E-state index in [2.05, 4.69) is 20.6 Å². The topological polar surface area (TPSA) is 61.0 Å². The van der Waals surface area contributed by atoms with Crippen molar-refractivity contribution in [2.75, 3.05) is 0 Å². The Labute approximate surface area is 153 Å². The standard InChI is InChI=1S/C18H14ClN3O2S/c1-10-3-4-12(18-22-21-11(2)24-18)7-14(10)23-8-13-9-25-15-5-6-20-17(19)16(13)15/h3-7,9H,8H2,1-2H3. The smallest absolute Gasteiger partial charge is 0.247 e. The Morgan fingerprint density at radius 1 is 1.20 bits per heavy atom. The van der Waals surface area contributed by atoms with Crippen LogP contribution in [0.5, 0.6) is 5.75 Å². The van der Waals surface area contributed by atoms with Crippen LogP contribution in [-0.2, 0) is 6.61 Å². The number of hydrogen-bond acceptors (Lipinski definition) is 6.